The van der Waals surface area contributed by atoms with E-state index in [2.05, 4.69) is 15.6 Å². The third-order valence-corrected chi connectivity index (χ3v) is 2.52. The number of hydrogen-bond donors (Lipinski definition) is 2. The van der Waals surface area contributed by atoms with E-state index in [-0.39, 0.29) is 6.04 Å². The van der Waals surface area contributed by atoms with Gasteiger partial charge in [-0.05, 0) is 29.3 Å². The predicted octanol–water partition coefficient (Wildman–Crippen LogP) is 1.68. The van der Waals surface area contributed by atoms with Gasteiger partial charge >= 0.3 is 0 Å². The van der Waals surface area contributed by atoms with Crippen molar-refractivity contribution in [2.45, 2.75) is 6.04 Å². The average Bonchev–Trinajstić information content (AvgIpc) is 2.31. The predicted molar refractivity (Wildman–Crippen MR) is 62.7 cm³/mol. The van der Waals surface area contributed by atoms with E-state index in [0.717, 1.165) is 11.1 Å². The van der Waals surface area contributed by atoms with Crippen LogP contribution in [0.1, 0.15) is 17.2 Å². The zero-order valence-electron chi connectivity index (χ0n) is 8.47. The standard InChI is InChI=1S/C11H11ClN4/c12-10-3-1-2-8(6-10)11(16-13)9-4-5-14-15-7-9/h1-7,11,16H,13H2. The quantitative estimate of drug-likeness (QED) is 0.627. The molecule has 0 saturated heterocycles. The second kappa shape index (κ2) is 5.03. The summed E-state index contributed by atoms with van der Waals surface area (Å²) < 4.78 is 0. The third-order valence-electron chi connectivity index (χ3n) is 2.29. The Bertz CT molecular complexity index is 461. The summed E-state index contributed by atoms with van der Waals surface area (Å²) >= 11 is 5.94. The number of rotatable bonds is 3. The number of hydrogen-bond acceptors (Lipinski definition) is 4. The molecule has 0 radical (unpaired) electrons. The van der Waals surface area contributed by atoms with Gasteiger partial charge < -0.3 is 0 Å². The van der Waals surface area contributed by atoms with Crippen LogP contribution in [0.4, 0.5) is 0 Å². The first-order valence-electron chi connectivity index (χ1n) is 4.79. The lowest BCUT2D eigenvalue weighted by Crippen LogP contribution is -2.28. The fourth-order valence-corrected chi connectivity index (χ4v) is 1.74. The van der Waals surface area contributed by atoms with Gasteiger partial charge in [-0.15, -0.1) is 0 Å². The van der Waals surface area contributed by atoms with Gasteiger partial charge in [-0.2, -0.15) is 10.2 Å². The highest BCUT2D eigenvalue weighted by Crippen LogP contribution is 2.22. The van der Waals surface area contributed by atoms with Crippen molar-refractivity contribution in [3.05, 3.63) is 58.9 Å². The number of aromatic nitrogens is 2. The van der Waals surface area contributed by atoms with Crippen molar-refractivity contribution in [1.82, 2.24) is 15.6 Å². The summed E-state index contributed by atoms with van der Waals surface area (Å²) in [6, 6.07) is 9.26. The minimum Gasteiger partial charge on any atom is -0.271 e. The summed E-state index contributed by atoms with van der Waals surface area (Å²) in [7, 11) is 0. The average molecular weight is 235 g/mol. The van der Waals surface area contributed by atoms with Gasteiger partial charge in [0.2, 0.25) is 0 Å². The van der Waals surface area contributed by atoms with Gasteiger partial charge in [0.1, 0.15) is 0 Å². The molecule has 0 aliphatic carbocycles. The maximum absolute atomic E-state index is 5.94. The minimum absolute atomic E-state index is 0.130. The van der Waals surface area contributed by atoms with Gasteiger partial charge in [-0.1, -0.05) is 23.7 Å². The highest BCUT2D eigenvalue weighted by atomic mass is 35.5. The summed E-state index contributed by atoms with van der Waals surface area (Å²) in [5.41, 5.74) is 4.67. The van der Waals surface area contributed by atoms with Gasteiger partial charge in [0.05, 0.1) is 12.2 Å². The van der Waals surface area contributed by atoms with Crippen molar-refractivity contribution in [3.63, 3.8) is 0 Å². The summed E-state index contributed by atoms with van der Waals surface area (Å²) in [4.78, 5) is 0. The number of halogens is 1. The van der Waals surface area contributed by atoms with Crippen molar-refractivity contribution in [2.75, 3.05) is 0 Å². The van der Waals surface area contributed by atoms with E-state index in [1.165, 1.54) is 0 Å². The van der Waals surface area contributed by atoms with Crippen LogP contribution in [0.3, 0.4) is 0 Å². The summed E-state index contributed by atoms with van der Waals surface area (Å²) in [5, 5.41) is 8.23. The molecule has 0 amide bonds. The third kappa shape index (κ3) is 2.36. The first-order valence-corrected chi connectivity index (χ1v) is 5.17. The van der Waals surface area contributed by atoms with Crippen LogP contribution >= 0.6 is 11.6 Å². The summed E-state index contributed by atoms with van der Waals surface area (Å²) in [6.45, 7) is 0. The number of nitrogens with zero attached hydrogens (tertiary/aromatic N) is 2. The maximum atomic E-state index is 5.94. The molecule has 1 heterocycles. The van der Waals surface area contributed by atoms with E-state index in [1.54, 1.807) is 12.4 Å². The molecular formula is C11H11ClN4. The highest BCUT2D eigenvalue weighted by Gasteiger charge is 2.12. The molecule has 1 unspecified atom stereocenters. The van der Waals surface area contributed by atoms with Crippen LogP contribution in [0.15, 0.2) is 42.7 Å². The van der Waals surface area contributed by atoms with Gasteiger partial charge in [-0.25, -0.2) is 5.43 Å². The zero-order valence-corrected chi connectivity index (χ0v) is 9.22. The van der Waals surface area contributed by atoms with Crippen LogP contribution in [0.25, 0.3) is 0 Å². The normalized spacial score (nSPS) is 12.4. The van der Waals surface area contributed by atoms with Crippen LogP contribution in [-0.2, 0) is 0 Å². The maximum Gasteiger partial charge on any atom is 0.0726 e. The molecule has 0 aliphatic heterocycles. The number of hydrazine groups is 1. The number of benzene rings is 1. The Morgan fingerprint density at radius 1 is 1.19 bits per heavy atom. The van der Waals surface area contributed by atoms with Gasteiger partial charge in [0.25, 0.3) is 0 Å². The fourth-order valence-electron chi connectivity index (χ4n) is 1.54. The molecule has 1 atom stereocenters. The largest absolute Gasteiger partial charge is 0.271 e. The van der Waals surface area contributed by atoms with E-state index < -0.39 is 0 Å². The van der Waals surface area contributed by atoms with Crippen LogP contribution in [0.5, 0.6) is 0 Å². The Kier molecular flexibility index (Phi) is 3.46. The van der Waals surface area contributed by atoms with Crippen molar-refractivity contribution >= 4 is 11.6 Å². The molecule has 82 valence electrons. The van der Waals surface area contributed by atoms with Gasteiger partial charge in [0, 0.05) is 11.2 Å². The Morgan fingerprint density at radius 3 is 2.69 bits per heavy atom. The van der Waals surface area contributed by atoms with E-state index in [9.17, 15) is 0 Å². The van der Waals surface area contributed by atoms with E-state index in [4.69, 9.17) is 17.4 Å². The molecule has 4 nitrogen and oxygen atoms in total. The number of nitrogens with two attached hydrogens (primary N) is 1. The van der Waals surface area contributed by atoms with Crippen molar-refractivity contribution in [1.29, 1.82) is 0 Å². The first-order chi connectivity index (χ1) is 7.81. The van der Waals surface area contributed by atoms with E-state index in [1.807, 2.05) is 30.3 Å². The Morgan fingerprint density at radius 2 is 2.06 bits per heavy atom. The summed E-state index contributed by atoms with van der Waals surface area (Å²) in [6.07, 6.45) is 3.30. The lowest BCUT2D eigenvalue weighted by molar-refractivity contribution is 0.632. The molecule has 3 N–H and O–H groups in total. The van der Waals surface area contributed by atoms with Crippen molar-refractivity contribution in [2.24, 2.45) is 5.84 Å². The molecule has 1 aromatic heterocycles. The van der Waals surface area contributed by atoms with Crippen LogP contribution in [-0.4, -0.2) is 10.2 Å². The molecule has 0 bridgehead atoms. The van der Waals surface area contributed by atoms with Crippen LogP contribution in [0, 0.1) is 0 Å². The Labute approximate surface area is 98.4 Å². The second-order valence-electron chi connectivity index (χ2n) is 3.33. The number of nitrogens with one attached hydrogen (secondary N) is 1. The SMILES string of the molecule is NNC(c1ccnnc1)c1cccc(Cl)c1. The molecular weight excluding hydrogens is 224 g/mol. The molecule has 1 aromatic carbocycles. The van der Waals surface area contributed by atoms with E-state index >= 15 is 0 Å². The minimum atomic E-state index is -0.130. The molecule has 0 aliphatic rings. The lowest BCUT2D eigenvalue weighted by atomic mass is 10.0. The monoisotopic (exact) mass is 234 g/mol. The molecule has 0 saturated carbocycles. The Hall–Kier alpha value is -1.49. The van der Waals surface area contributed by atoms with E-state index in [0.29, 0.717) is 5.02 Å². The smallest absolute Gasteiger partial charge is 0.0726 e. The van der Waals surface area contributed by atoms with Gasteiger partial charge in [0.15, 0.2) is 0 Å². The van der Waals surface area contributed by atoms with Crippen LogP contribution < -0.4 is 11.3 Å². The van der Waals surface area contributed by atoms with Crippen molar-refractivity contribution in [3.8, 4) is 0 Å². The summed E-state index contributed by atoms with van der Waals surface area (Å²) in [5.74, 6) is 5.55. The van der Waals surface area contributed by atoms with Gasteiger partial charge in [-0.3, -0.25) is 5.84 Å². The molecule has 2 rings (SSSR count). The molecule has 0 spiro atoms. The lowest BCUT2D eigenvalue weighted by Gasteiger charge is -2.16. The first kappa shape index (κ1) is 11.0. The highest BCUT2D eigenvalue weighted by molar-refractivity contribution is 6.30. The molecule has 0 fully saturated rings. The zero-order chi connectivity index (χ0) is 11.4. The Balaban J connectivity index is 2.37. The molecule has 5 heteroatoms. The molecule has 16 heavy (non-hydrogen) atoms. The fraction of sp³-hybridized carbons (Fsp3) is 0.0909. The topological polar surface area (TPSA) is 63.8 Å². The van der Waals surface area contributed by atoms with Crippen LogP contribution in [0.2, 0.25) is 5.02 Å². The molecule has 2 aromatic rings. The second-order valence-corrected chi connectivity index (χ2v) is 3.77. The van der Waals surface area contributed by atoms with Crippen molar-refractivity contribution < 1.29 is 0 Å².